The molecule has 0 atom stereocenters. The van der Waals surface area contributed by atoms with E-state index >= 15 is 0 Å². The quantitative estimate of drug-likeness (QED) is 0.692. The van der Waals surface area contributed by atoms with Crippen LogP contribution in [-0.2, 0) is 0 Å². The topological polar surface area (TPSA) is 71.1 Å². The van der Waals surface area contributed by atoms with E-state index in [9.17, 15) is 9.59 Å². The fraction of sp³-hybridized carbons (Fsp3) is 0.278. The van der Waals surface area contributed by atoms with Crippen LogP contribution < -0.4 is 10.6 Å². The number of halogens is 2. The lowest BCUT2D eigenvalue weighted by Gasteiger charge is -2.08. The summed E-state index contributed by atoms with van der Waals surface area (Å²) in [6.45, 7) is 2.71. The molecule has 2 rings (SSSR count). The zero-order valence-corrected chi connectivity index (χ0v) is 15.3. The fourth-order valence-corrected chi connectivity index (χ4v) is 2.44. The highest BCUT2D eigenvalue weighted by atomic mass is 35.5. The minimum Gasteiger partial charge on any atom is -0.352 e. The van der Waals surface area contributed by atoms with E-state index in [4.69, 9.17) is 23.2 Å². The molecule has 132 valence electrons. The number of unbranched alkanes of at least 4 members (excludes halogenated alkanes) is 2. The second-order valence-electron chi connectivity index (χ2n) is 5.48. The molecule has 25 heavy (non-hydrogen) atoms. The van der Waals surface area contributed by atoms with Crippen LogP contribution >= 0.6 is 23.2 Å². The van der Waals surface area contributed by atoms with Gasteiger partial charge in [0.2, 0.25) is 0 Å². The van der Waals surface area contributed by atoms with Gasteiger partial charge in [-0.15, -0.1) is 0 Å². The van der Waals surface area contributed by atoms with E-state index in [-0.39, 0.29) is 11.6 Å². The molecule has 5 nitrogen and oxygen atoms in total. The summed E-state index contributed by atoms with van der Waals surface area (Å²) in [6.07, 6.45) is 4.51. The van der Waals surface area contributed by atoms with Crippen LogP contribution in [0.3, 0.4) is 0 Å². The molecule has 0 saturated heterocycles. The number of amides is 2. The SMILES string of the molecule is CCCCCNC(=O)c1ccnc(C(=O)Nc2ccc(Cl)c(Cl)c2)c1. The second kappa shape index (κ2) is 9.39. The summed E-state index contributed by atoms with van der Waals surface area (Å²) in [5, 5.41) is 6.25. The van der Waals surface area contributed by atoms with Gasteiger partial charge >= 0.3 is 0 Å². The Morgan fingerprint density at radius 1 is 1.04 bits per heavy atom. The summed E-state index contributed by atoms with van der Waals surface area (Å²) in [6, 6.07) is 7.81. The average molecular weight is 380 g/mol. The molecule has 2 aromatic rings. The first-order valence-corrected chi connectivity index (χ1v) is 8.77. The maximum absolute atomic E-state index is 12.3. The number of hydrogen-bond acceptors (Lipinski definition) is 3. The van der Waals surface area contributed by atoms with Gasteiger partial charge in [-0.1, -0.05) is 43.0 Å². The summed E-state index contributed by atoms with van der Waals surface area (Å²) in [4.78, 5) is 28.4. The van der Waals surface area contributed by atoms with Gasteiger partial charge in [0.1, 0.15) is 5.69 Å². The van der Waals surface area contributed by atoms with Crippen LogP contribution in [-0.4, -0.2) is 23.3 Å². The van der Waals surface area contributed by atoms with Gasteiger partial charge in [0, 0.05) is 24.0 Å². The number of anilines is 1. The van der Waals surface area contributed by atoms with Crippen molar-refractivity contribution >= 4 is 40.7 Å². The molecular weight excluding hydrogens is 361 g/mol. The van der Waals surface area contributed by atoms with Crippen molar-refractivity contribution in [1.29, 1.82) is 0 Å². The zero-order valence-electron chi connectivity index (χ0n) is 13.8. The highest BCUT2D eigenvalue weighted by molar-refractivity contribution is 6.42. The lowest BCUT2D eigenvalue weighted by molar-refractivity contribution is 0.0953. The molecule has 2 N–H and O–H groups in total. The van der Waals surface area contributed by atoms with Crippen LogP contribution in [0.4, 0.5) is 5.69 Å². The van der Waals surface area contributed by atoms with Gasteiger partial charge in [0.05, 0.1) is 10.0 Å². The molecule has 0 bridgehead atoms. The largest absolute Gasteiger partial charge is 0.352 e. The van der Waals surface area contributed by atoms with Crippen LogP contribution in [0, 0.1) is 0 Å². The highest BCUT2D eigenvalue weighted by Gasteiger charge is 2.12. The van der Waals surface area contributed by atoms with Crippen molar-refractivity contribution in [3.05, 3.63) is 57.8 Å². The van der Waals surface area contributed by atoms with Crippen molar-refractivity contribution in [2.45, 2.75) is 26.2 Å². The molecule has 1 aromatic heterocycles. The smallest absolute Gasteiger partial charge is 0.274 e. The van der Waals surface area contributed by atoms with E-state index in [1.807, 2.05) is 0 Å². The summed E-state index contributed by atoms with van der Waals surface area (Å²) < 4.78 is 0. The Kier molecular flexibility index (Phi) is 7.22. The Hall–Kier alpha value is -2.11. The number of nitrogens with zero attached hydrogens (tertiary/aromatic N) is 1. The number of benzene rings is 1. The van der Waals surface area contributed by atoms with Crippen molar-refractivity contribution in [1.82, 2.24) is 10.3 Å². The van der Waals surface area contributed by atoms with Crippen molar-refractivity contribution in [3.8, 4) is 0 Å². The van der Waals surface area contributed by atoms with Crippen LogP contribution in [0.1, 0.15) is 47.0 Å². The summed E-state index contributed by atoms with van der Waals surface area (Å²) in [5.74, 6) is -0.652. The maximum atomic E-state index is 12.3. The highest BCUT2D eigenvalue weighted by Crippen LogP contribution is 2.25. The molecule has 0 spiro atoms. The molecule has 0 unspecified atom stereocenters. The molecular formula is C18H19Cl2N3O2. The Balaban J connectivity index is 2.03. The predicted molar refractivity (Wildman–Crippen MR) is 101 cm³/mol. The number of hydrogen-bond donors (Lipinski definition) is 2. The van der Waals surface area contributed by atoms with Crippen LogP contribution in [0.2, 0.25) is 10.0 Å². The summed E-state index contributed by atoms with van der Waals surface area (Å²) >= 11 is 11.8. The lowest BCUT2D eigenvalue weighted by Crippen LogP contribution is -2.25. The number of nitrogens with one attached hydrogen (secondary N) is 2. The molecule has 1 heterocycles. The fourth-order valence-electron chi connectivity index (χ4n) is 2.14. The lowest BCUT2D eigenvalue weighted by atomic mass is 10.2. The van der Waals surface area contributed by atoms with Crippen molar-refractivity contribution in [2.24, 2.45) is 0 Å². The van der Waals surface area contributed by atoms with Gasteiger partial charge < -0.3 is 10.6 Å². The van der Waals surface area contributed by atoms with E-state index in [0.717, 1.165) is 19.3 Å². The standard InChI is InChI=1S/C18H19Cl2N3O2/c1-2-3-4-8-22-17(24)12-7-9-21-16(10-12)18(25)23-13-5-6-14(19)15(20)11-13/h5-7,9-11H,2-4,8H2,1H3,(H,22,24)(H,23,25). The normalized spacial score (nSPS) is 10.4. The molecule has 1 aromatic carbocycles. The van der Waals surface area contributed by atoms with Crippen molar-refractivity contribution in [3.63, 3.8) is 0 Å². The Bertz CT molecular complexity index is 766. The molecule has 2 amide bonds. The van der Waals surface area contributed by atoms with Crippen molar-refractivity contribution in [2.75, 3.05) is 11.9 Å². The predicted octanol–water partition coefficient (Wildman–Crippen LogP) is 4.56. The van der Waals surface area contributed by atoms with Gasteiger partial charge in [-0.3, -0.25) is 14.6 Å². The van der Waals surface area contributed by atoms with Gasteiger partial charge in [0.15, 0.2) is 0 Å². The summed E-state index contributed by atoms with van der Waals surface area (Å²) in [5.41, 5.74) is 1.04. The van der Waals surface area contributed by atoms with E-state index in [1.165, 1.54) is 12.3 Å². The number of carbonyl (C=O) groups excluding carboxylic acids is 2. The van der Waals surface area contributed by atoms with Gasteiger partial charge in [-0.05, 0) is 36.8 Å². The number of aromatic nitrogens is 1. The Morgan fingerprint density at radius 2 is 1.84 bits per heavy atom. The van der Waals surface area contributed by atoms with Gasteiger partial charge in [0.25, 0.3) is 11.8 Å². The van der Waals surface area contributed by atoms with Crippen LogP contribution in [0.25, 0.3) is 0 Å². The molecule has 7 heteroatoms. The minimum absolute atomic E-state index is 0.146. The first kappa shape index (κ1) is 19.2. The van der Waals surface area contributed by atoms with E-state index in [1.54, 1.807) is 24.3 Å². The number of pyridine rings is 1. The van der Waals surface area contributed by atoms with Crippen LogP contribution in [0.15, 0.2) is 36.5 Å². The maximum Gasteiger partial charge on any atom is 0.274 e. The number of carbonyl (C=O) groups is 2. The molecule has 0 radical (unpaired) electrons. The zero-order chi connectivity index (χ0) is 18.2. The van der Waals surface area contributed by atoms with E-state index < -0.39 is 5.91 Å². The second-order valence-corrected chi connectivity index (χ2v) is 6.29. The molecule has 0 fully saturated rings. The third-order valence-corrected chi connectivity index (χ3v) is 4.24. The third-order valence-electron chi connectivity index (χ3n) is 3.50. The first-order chi connectivity index (χ1) is 12.0. The third kappa shape index (κ3) is 5.73. The number of rotatable bonds is 7. The van der Waals surface area contributed by atoms with E-state index in [0.29, 0.717) is 27.8 Å². The first-order valence-electron chi connectivity index (χ1n) is 8.02. The summed E-state index contributed by atoms with van der Waals surface area (Å²) in [7, 11) is 0. The molecule has 0 aliphatic carbocycles. The average Bonchev–Trinajstić information content (AvgIpc) is 2.62. The monoisotopic (exact) mass is 379 g/mol. The Labute approximate surface area is 156 Å². The molecule has 0 aliphatic rings. The van der Waals surface area contributed by atoms with Crippen molar-refractivity contribution < 1.29 is 9.59 Å². The van der Waals surface area contributed by atoms with E-state index in [2.05, 4.69) is 22.5 Å². The van der Waals surface area contributed by atoms with Gasteiger partial charge in [-0.25, -0.2) is 0 Å². The van der Waals surface area contributed by atoms with Gasteiger partial charge in [-0.2, -0.15) is 0 Å². The molecule has 0 aliphatic heterocycles. The minimum atomic E-state index is -0.431. The molecule has 0 saturated carbocycles. The van der Waals surface area contributed by atoms with Crippen LogP contribution in [0.5, 0.6) is 0 Å². The Morgan fingerprint density at radius 3 is 2.56 bits per heavy atom.